The molecule has 15 heavy (non-hydrogen) atoms. The summed E-state index contributed by atoms with van der Waals surface area (Å²) in [5, 5.41) is 6.84. The van der Waals surface area contributed by atoms with Gasteiger partial charge in [-0.05, 0) is 19.4 Å². The summed E-state index contributed by atoms with van der Waals surface area (Å²) in [7, 11) is 1.65. The lowest BCUT2D eigenvalue weighted by molar-refractivity contribution is -0.124. The number of nitrogens with one attached hydrogen (secondary N) is 1. The highest BCUT2D eigenvalue weighted by atomic mass is 16.5. The molecule has 5 nitrogen and oxygen atoms in total. The number of hydrogen-bond acceptors (Lipinski definition) is 3. The molecule has 1 amide bonds. The van der Waals surface area contributed by atoms with Gasteiger partial charge in [0.15, 0.2) is 0 Å². The lowest BCUT2D eigenvalue weighted by Crippen LogP contribution is -2.32. The average molecular weight is 211 g/mol. The molecule has 1 unspecified atom stereocenters. The average Bonchev–Trinajstić information content (AvgIpc) is 2.76. The molecule has 84 valence electrons. The minimum absolute atomic E-state index is 0.0187. The number of nitrogens with zero attached hydrogens (tertiary/aromatic N) is 2. The van der Waals surface area contributed by atoms with Crippen LogP contribution in [0.4, 0.5) is 0 Å². The number of amides is 1. The molecule has 1 heterocycles. The topological polar surface area (TPSA) is 56.1 Å². The molecule has 0 spiro atoms. The van der Waals surface area contributed by atoms with E-state index in [0.717, 1.165) is 6.42 Å². The number of rotatable bonds is 6. The Labute approximate surface area is 89.4 Å². The Morgan fingerprint density at radius 1 is 1.67 bits per heavy atom. The van der Waals surface area contributed by atoms with Crippen molar-refractivity contribution in [2.75, 3.05) is 20.3 Å². The molecule has 1 rings (SSSR count). The van der Waals surface area contributed by atoms with Crippen molar-refractivity contribution in [1.82, 2.24) is 15.1 Å². The maximum Gasteiger partial charge on any atom is 0.244 e. The highest BCUT2D eigenvalue weighted by molar-refractivity contribution is 5.79. The van der Waals surface area contributed by atoms with Crippen LogP contribution in [0.25, 0.3) is 0 Å². The van der Waals surface area contributed by atoms with E-state index in [1.807, 2.05) is 6.92 Å². The summed E-state index contributed by atoms with van der Waals surface area (Å²) in [6.45, 7) is 3.12. The minimum Gasteiger partial charge on any atom is -0.385 e. The molecule has 0 radical (unpaired) electrons. The van der Waals surface area contributed by atoms with Crippen molar-refractivity contribution >= 4 is 5.91 Å². The first-order chi connectivity index (χ1) is 7.25. The van der Waals surface area contributed by atoms with Crippen molar-refractivity contribution in [3.05, 3.63) is 18.5 Å². The third kappa shape index (κ3) is 3.71. The zero-order chi connectivity index (χ0) is 11.1. The summed E-state index contributed by atoms with van der Waals surface area (Å²) >= 11 is 0. The van der Waals surface area contributed by atoms with E-state index in [4.69, 9.17) is 4.74 Å². The Morgan fingerprint density at radius 2 is 2.47 bits per heavy atom. The zero-order valence-electron chi connectivity index (χ0n) is 9.14. The van der Waals surface area contributed by atoms with Gasteiger partial charge in [0.25, 0.3) is 0 Å². The molecule has 0 aromatic carbocycles. The molecule has 1 aromatic rings. The highest BCUT2D eigenvalue weighted by Gasteiger charge is 2.13. The molecule has 1 atom stereocenters. The SMILES string of the molecule is COCCCNC(=O)C(C)n1cccn1. The van der Waals surface area contributed by atoms with Crippen molar-refractivity contribution in [1.29, 1.82) is 0 Å². The van der Waals surface area contributed by atoms with Crippen molar-refractivity contribution in [2.24, 2.45) is 0 Å². The van der Waals surface area contributed by atoms with E-state index < -0.39 is 0 Å². The van der Waals surface area contributed by atoms with Gasteiger partial charge in [-0.25, -0.2) is 0 Å². The second kappa shape index (κ2) is 6.19. The van der Waals surface area contributed by atoms with Crippen LogP contribution in [0.1, 0.15) is 19.4 Å². The fourth-order valence-electron chi connectivity index (χ4n) is 1.21. The first-order valence-electron chi connectivity index (χ1n) is 5.01. The second-order valence-corrected chi connectivity index (χ2v) is 3.30. The summed E-state index contributed by atoms with van der Waals surface area (Å²) < 4.78 is 6.52. The molecule has 0 bridgehead atoms. The lowest BCUT2D eigenvalue weighted by atomic mass is 10.3. The van der Waals surface area contributed by atoms with Gasteiger partial charge in [-0.3, -0.25) is 9.48 Å². The van der Waals surface area contributed by atoms with E-state index in [-0.39, 0.29) is 11.9 Å². The van der Waals surface area contributed by atoms with E-state index in [9.17, 15) is 4.79 Å². The molecule has 1 N–H and O–H groups in total. The molecule has 0 aliphatic heterocycles. The van der Waals surface area contributed by atoms with Crippen molar-refractivity contribution in [2.45, 2.75) is 19.4 Å². The van der Waals surface area contributed by atoms with Crippen molar-refractivity contribution in [3.63, 3.8) is 0 Å². The van der Waals surface area contributed by atoms with Gasteiger partial charge < -0.3 is 10.1 Å². The fraction of sp³-hybridized carbons (Fsp3) is 0.600. The van der Waals surface area contributed by atoms with Crippen LogP contribution in [-0.4, -0.2) is 35.9 Å². The van der Waals surface area contributed by atoms with Crippen LogP contribution in [0.15, 0.2) is 18.5 Å². The van der Waals surface area contributed by atoms with Gasteiger partial charge in [0.2, 0.25) is 5.91 Å². The van der Waals surface area contributed by atoms with Gasteiger partial charge in [-0.1, -0.05) is 0 Å². The third-order valence-electron chi connectivity index (χ3n) is 2.13. The smallest absolute Gasteiger partial charge is 0.244 e. The monoisotopic (exact) mass is 211 g/mol. The van der Waals surface area contributed by atoms with Crippen LogP contribution < -0.4 is 5.32 Å². The number of aromatic nitrogens is 2. The first-order valence-corrected chi connectivity index (χ1v) is 5.01. The number of carbonyl (C=O) groups excluding carboxylic acids is 1. The summed E-state index contributed by atoms with van der Waals surface area (Å²) in [5.74, 6) is -0.0187. The molecule has 0 saturated heterocycles. The van der Waals surface area contributed by atoms with E-state index >= 15 is 0 Å². The molecular weight excluding hydrogens is 194 g/mol. The molecule has 0 saturated carbocycles. The molecule has 1 aromatic heterocycles. The van der Waals surface area contributed by atoms with Gasteiger partial charge in [0.05, 0.1) is 0 Å². The van der Waals surface area contributed by atoms with Gasteiger partial charge in [0, 0.05) is 32.7 Å². The van der Waals surface area contributed by atoms with E-state index in [1.54, 1.807) is 30.3 Å². The molecular formula is C10H17N3O2. The number of carbonyl (C=O) groups is 1. The first kappa shape index (κ1) is 11.7. The fourth-order valence-corrected chi connectivity index (χ4v) is 1.21. The minimum atomic E-state index is -0.262. The Hall–Kier alpha value is -1.36. The normalized spacial score (nSPS) is 12.4. The molecule has 0 fully saturated rings. The summed E-state index contributed by atoms with van der Waals surface area (Å²) in [5.41, 5.74) is 0. The van der Waals surface area contributed by atoms with Crippen LogP contribution in [0.3, 0.4) is 0 Å². The second-order valence-electron chi connectivity index (χ2n) is 3.30. The number of ether oxygens (including phenoxy) is 1. The lowest BCUT2D eigenvalue weighted by Gasteiger charge is -2.12. The Bertz CT molecular complexity index is 285. The van der Waals surface area contributed by atoms with Crippen LogP contribution >= 0.6 is 0 Å². The predicted octanol–water partition coefficient (Wildman–Crippen LogP) is 0.597. The molecule has 5 heteroatoms. The van der Waals surface area contributed by atoms with E-state index in [1.165, 1.54) is 0 Å². The van der Waals surface area contributed by atoms with Crippen LogP contribution in [-0.2, 0) is 9.53 Å². The van der Waals surface area contributed by atoms with Crippen LogP contribution in [0.5, 0.6) is 0 Å². The van der Waals surface area contributed by atoms with Crippen LogP contribution in [0.2, 0.25) is 0 Å². The Kier molecular flexibility index (Phi) is 4.83. The zero-order valence-corrected chi connectivity index (χ0v) is 9.14. The quantitative estimate of drug-likeness (QED) is 0.701. The highest BCUT2D eigenvalue weighted by Crippen LogP contribution is 2.02. The van der Waals surface area contributed by atoms with Gasteiger partial charge in [-0.2, -0.15) is 5.10 Å². The molecule has 0 aliphatic carbocycles. The summed E-state index contributed by atoms with van der Waals surface area (Å²) in [6.07, 6.45) is 4.27. The standard InChI is InChI=1S/C10H17N3O2/c1-9(13-7-3-6-12-13)10(14)11-5-4-8-15-2/h3,6-7,9H,4-5,8H2,1-2H3,(H,11,14). The van der Waals surface area contributed by atoms with Gasteiger partial charge in [0.1, 0.15) is 6.04 Å². The molecule has 0 aliphatic rings. The van der Waals surface area contributed by atoms with E-state index in [2.05, 4.69) is 10.4 Å². The van der Waals surface area contributed by atoms with Gasteiger partial charge >= 0.3 is 0 Å². The van der Waals surface area contributed by atoms with Gasteiger partial charge in [-0.15, -0.1) is 0 Å². The number of hydrogen-bond donors (Lipinski definition) is 1. The third-order valence-corrected chi connectivity index (χ3v) is 2.13. The van der Waals surface area contributed by atoms with Crippen molar-refractivity contribution in [3.8, 4) is 0 Å². The largest absolute Gasteiger partial charge is 0.385 e. The Morgan fingerprint density at radius 3 is 3.07 bits per heavy atom. The maximum absolute atomic E-state index is 11.6. The summed E-state index contributed by atoms with van der Waals surface area (Å²) in [6, 6.07) is 1.54. The van der Waals surface area contributed by atoms with E-state index in [0.29, 0.717) is 13.2 Å². The summed E-state index contributed by atoms with van der Waals surface area (Å²) in [4.78, 5) is 11.6. The van der Waals surface area contributed by atoms with Crippen molar-refractivity contribution < 1.29 is 9.53 Å². The number of methoxy groups -OCH3 is 1. The maximum atomic E-state index is 11.6. The van der Waals surface area contributed by atoms with Crippen LogP contribution in [0, 0.1) is 0 Å². The predicted molar refractivity (Wildman–Crippen MR) is 56.4 cm³/mol. The Balaban J connectivity index is 2.28.